The van der Waals surface area contributed by atoms with Crippen molar-refractivity contribution in [1.29, 1.82) is 0 Å². The Morgan fingerprint density at radius 1 is 1.47 bits per heavy atom. The number of aryl methyl sites for hydroxylation is 1. The van der Waals surface area contributed by atoms with Gasteiger partial charge >= 0.3 is 0 Å². The lowest BCUT2D eigenvalue weighted by atomic mass is 10.0. The minimum atomic E-state index is 0.533. The van der Waals surface area contributed by atoms with E-state index >= 15 is 0 Å². The van der Waals surface area contributed by atoms with Crippen LogP contribution in [0.3, 0.4) is 0 Å². The summed E-state index contributed by atoms with van der Waals surface area (Å²) in [5.41, 5.74) is 2.57. The predicted molar refractivity (Wildman–Crippen MR) is 65.3 cm³/mol. The number of hydrogen-bond donors (Lipinski definition) is 1. The van der Waals surface area contributed by atoms with Crippen LogP contribution in [0.2, 0.25) is 5.02 Å². The highest BCUT2D eigenvalue weighted by molar-refractivity contribution is 6.31. The van der Waals surface area contributed by atoms with Crippen molar-refractivity contribution in [3.8, 4) is 0 Å². The van der Waals surface area contributed by atoms with Gasteiger partial charge in [0.1, 0.15) is 0 Å². The number of rotatable bonds is 4. The molecule has 0 bridgehead atoms. The van der Waals surface area contributed by atoms with E-state index in [9.17, 15) is 0 Å². The number of nitrogens with one attached hydrogen (secondary N) is 1. The lowest BCUT2D eigenvalue weighted by molar-refractivity contribution is 0.496. The topological polar surface area (TPSA) is 12.0 Å². The molecule has 1 fully saturated rings. The Kier molecular flexibility index (Phi) is 3.32. The first-order chi connectivity index (χ1) is 7.22. The van der Waals surface area contributed by atoms with Gasteiger partial charge in [-0.05, 0) is 49.4 Å². The quantitative estimate of drug-likeness (QED) is 0.821. The van der Waals surface area contributed by atoms with Crippen LogP contribution < -0.4 is 5.32 Å². The van der Waals surface area contributed by atoms with Gasteiger partial charge in [0, 0.05) is 11.1 Å². The van der Waals surface area contributed by atoms with Gasteiger partial charge < -0.3 is 5.32 Å². The fourth-order valence-corrected chi connectivity index (χ4v) is 2.19. The molecule has 1 atom stereocenters. The Bertz CT molecular complexity index is 344. The van der Waals surface area contributed by atoms with Gasteiger partial charge in [-0.1, -0.05) is 30.7 Å². The standard InChI is InChI=1S/C13H18ClN/c1-3-15-13(10-4-5-10)11-6-7-12(14)9(2)8-11/h6-8,10,13,15H,3-5H2,1-2H3. The van der Waals surface area contributed by atoms with Crippen LogP contribution in [0.4, 0.5) is 0 Å². The van der Waals surface area contributed by atoms with E-state index in [0.717, 1.165) is 17.5 Å². The number of halogens is 1. The van der Waals surface area contributed by atoms with Crippen LogP contribution >= 0.6 is 11.6 Å². The van der Waals surface area contributed by atoms with Gasteiger partial charge in [-0.2, -0.15) is 0 Å². The van der Waals surface area contributed by atoms with Crippen molar-refractivity contribution in [2.24, 2.45) is 5.92 Å². The van der Waals surface area contributed by atoms with E-state index in [1.807, 2.05) is 6.07 Å². The molecule has 82 valence electrons. The Hall–Kier alpha value is -0.530. The van der Waals surface area contributed by atoms with Gasteiger partial charge in [-0.15, -0.1) is 0 Å². The third kappa shape index (κ3) is 2.53. The molecule has 1 saturated carbocycles. The molecule has 1 aromatic carbocycles. The first-order valence-electron chi connectivity index (χ1n) is 5.71. The summed E-state index contributed by atoms with van der Waals surface area (Å²) in [5, 5.41) is 4.43. The Balaban J connectivity index is 2.21. The zero-order valence-corrected chi connectivity index (χ0v) is 10.1. The summed E-state index contributed by atoms with van der Waals surface area (Å²) in [6, 6.07) is 6.92. The van der Waals surface area contributed by atoms with E-state index in [0.29, 0.717) is 6.04 Å². The summed E-state index contributed by atoms with van der Waals surface area (Å²) in [7, 11) is 0. The second-order valence-corrected chi connectivity index (χ2v) is 4.79. The molecule has 1 aliphatic carbocycles. The van der Waals surface area contributed by atoms with Crippen LogP contribution in [-0.2, 0) is 0 Å². The fourth-order valence-electron chi connectivity index (χ4n) is 2.07. The smallest absolute Gasteiger partial charge is 0.0435 e. The summed E-state index contributed by atoms with van der Waals surface area (Å²) in [6.07, 6.45) is 2.72. The molecule has 1 N–H and O–H groups in total. The van der Waals surface area contributed by atoms with Gasteiger partial charge in [0.15, 0.2) is 0 Å². The highest BCUT2D eigenvalue weighted by atomic mass is 35.5. The Morgan fingerprint density at radius 2 is 2.20 bits per heavy atom. The zero-order chi connectivity index (χ0) is 10.8. The molecule has 0 spiro atoms. The third-order valence-electron chi connectivity index (χ3n) is 3.06. The molecule has 1 aliphatic rings. The summed E-state index contributed by atoms with van der Waals surface area (Å²) in [4.78, 5) is 0. The van der Waals surface area contributed by atoms with Crippen molar-refractivity contribution >= 4 is 11.6 Å². The molecule has 2 rings (SSSR count). The molecular weight excluding hydrogens is 206 g/mol. The van der Waals surface area contributed by atoms with Crippen LogP contribution in [0.5, 0.6) is 0 Å². The maximum atomic E-state index is 6.04. The maximum absolute atomic E-state index is 6.04. The van der Waals surface area contributed by atoms with E-state index < -0.39 is 0 Å². The van der Waals surface area contributed by atoms with Crippen LogP contribution in [0.15, 0.2) is 18.2 Å². The second-order valence-electron chi connectivity index (χ2n) is 4.38. The van der Waals surface area contributed by atoms with E-state index in [1.54, 1.807) is 0 Å². The molecule has 0 aliphatic heterocycles. The molecule has 0 saturated heterocycles. The van der Waals surface area contributed by atoms with E-state index in [1.165, 1.54) is 24.0 Å². The SMILES string of the molecule is CCNC(c1ccc(Cl)c(C)c1)C1CC1. The second kappa shape index (κ2) is 4.54. The Morgan fingerprint density at radius 3 is 2.73 bits per heavy atom. The van der Waals surface area contributed by atoms with Crippen molar-refractivity contribution in [2.75, 3.05) is 6.54 Å². The van der Waals surface area contributed by atoms with Crippen LogP contribution in [-0.4, -0.2) is 6.54 Å². The van der Waals surface area contributed by atoms with Crippen molar-refractivity contribution < 1.29 is 0 Å². The zero-order valence-electron chi connectivity index (χ0n) is 9.39. The van der Waals surface area contributed by atoms with E-state index in [2.05, 4.69) is 31.3 Å². The van der Waals surface area contributed by atoms with E-state index in [-0.39, 0.29) is 0 Å². The molecule has 0 heterocycles. The van der Waals surface area contributed by atoms with Crippen LogP contribution in [0, 0.1) is 12.8 Å². The molecule has 0 radical (unpaired) electrons. The average Bonchev–Trinajstić information content (AvgIpc) is 3.02. The molecular formula is C13H18ClN. The summed E-state index contributed by atoms with van der Waals surface area (Å²) in [5.74, 6) is 0.838. The van der Waals surface area contributed by atoms with Crippen molar-refractivity contribution in [3.63, 3.8) is 0 Å². The largest absolute Gasteiger partial charge is 0.310 e. The minimum absolute atomic E-state index is 0.533. The summed E-state index contributed by atoms with van der Waals surface area (Å²) >= 11 is 6.04. The van der Waals surface area contributed by atoms with Gasteiger partial charge in [0.25, 0.3) is 0 Å². The highest BCUT2D eigenvalue weighted by Crippen LogP contribution is 2.41. The van der Waals surface area contributed by atoms with E-state index in [4.69, 9.17) is 11.6 Å². The fraction of sp³-hybridized carbons (Fsp3) is 0.538. The van der Waals surface area contributed by atoms with Crippen LogP contribution in [0.1, 0.15) is 36.9 Å². The molecule has 2 heteroatoms. The van der Waals surface area contributed by atoms with Crippen molar-refractivity contribution in [1.82, 2.24) is 5.32 Å². The highest BCUT2D eigenvalue weighted by Gasteiger charge is 2.31. The lowest BCUT2D eigenvalue weighted by Gasteiger charge is -2.18. The average molecular weight is 224 g/mol. The summed E-state index contributed by atoms with van der Waals surface area (Å²) < 4.78 is 0. The first-order valence-corrected chi connectivity index (χ1v) is 6.09. The van der Waals surface area contributed by atoms with Crippen molar-refractivity contribution in [2.45, 2.75) is 32.7 Å². The lowest BCUT2D eigenvalue weighted by Crippen LogP contribution is -2.22. The number of benzene rings is 1. The normalized spacial score (nSPS) is 17.8. The van der Waals surface area contributed by atoms with Gasteiger partial charge in [-0.25, -0.2) is 0 Å². The van der Waals surface area contributed by atoms with Gasteiger partial charge in [0.2, 0.25) is 0 Å². The Labute approximate surface area is 96.8 Å². The maximum Gasteiger partial charge on any atom is 0.0435 e. The number of hydrogen-bond acceptors (Lipinski definition) is 1. The third-order valence-corrected chi connectivity index (χ3v) is 3.48. The van der Waals surface area contributed by atoms with Gasteiger partial charge in [0.05, 0.1) is 0 Å². The van der Waals surface area contributed by atoms with Gasteiger partial charge in [-0.3, -0.25) is 0 Å². The van der Waals surface area contributed by atoms with Crippen molar-refractivity contribution in [3.05, 3.63) is 34.3 Å². The molecule has 0 aromatic heterocycles. The first kappa shape index (κ1) is 11.0. The molecule has 1 nitrogen and oxygen atoms in total. The minimum Gasteiger partial charge on any atom is -0.310 e. The predicted octanol–water partition coefficient (Wildman–Crippen LogP) is 3.71. The summed E-state index contributed by atoms with van der Waals surface area (Å²) in [6.45, 7) is 5.27. The van der Waals surface area contributed by atoms with Crippen LogP contribution in [0.25, 0.3) is 0 Å². The monoisotopic (exact) mass is 223 g/mol. The molecule has 0 amide bonds. The molecule has 1 aromatic rings. The molecule has 15 heavy (non-hydrogen) atoms. The molecule has 1 unspecified atom stereocenters.